The molecular weight excluding hydrogens is 999 g/mol. The number of allylic oxidation sites excluding steroid dienone is 4. The Bertz CT molecular complexity index is 2740. The molecule has 1 aliphatic carbocycles. The van der Waals surface area contributed by atoms with E-state index in [1.165, 1.54) is 86.2 Å². The molecule has 362 valence electrons. The van der Waals surface area contributed by atoms with E-state index in [9.17, 15) is 0 Å². The summed E-state index contributed by atoms with van der Waals surface area (Å²) in [6.45, 7) is 2.37. The molecule has 0 saturated heterocycles. The number of rotatable bonds is 18. The smallest absolute Gasteiger partial charge is 1.00 e. The fourth-order valence-electron chi connectivity index (χ4n) is 11.0. The molecule has 0 radical (unpaired) electrons. The molecule has 0 saturated carbocycles. The first kappa shape index (κ1) is 55.0. The van der Waals surface area contributed by atoms with Crippen molar-refractivity contribution in [2.24, 2.45) is 0 Å². The van der Waals surface area contributed by atoms with Crippen molar-refractivity contribution in [3.8, 4) is 0 Å². The van der Waals surface area contributed by atoms with Crippen LogP contribution in [0.4, 0.5) is 0 Å². The Morgan fingerprint density at radius 3 is 0.781 bits per heavy atom. The first-order chi connectivity index (χ1) is 34.5. The molecule has 0 spiro atoms. The average molecular weight is 1060 g/mol. The van der Waals surface area contributed by atoms with Gasteiger partial charge in [0.2, 0.25) is 0 Å². The molecule has 1 aliphatic rings. The zero-order valence-electron chi connectivity index (χ0n) is 41.6. The van der Waals surface area contributed by atoms with Crippen molar-refractivity contribution in [3.05, 3.63) is 324 Å². The van der Waals surface area contributed by atoms with Crippen LogP contribution in [0.3, 0.4) is 0 Å². The Kier molecular flexibility index (Phi) is 19.9. The molecule has 0 amide bonds. The molecule has 10 rings (SSSR count). The maximum absolute atomic E-state index is 3.22. The van der Waals surface area contributed by atoms with Crippen LogP contribution in [0.15, 0.2) is 257 Å². The summed E-state index contributed by atoms with van der Waals surface area (Å²) in [4.78, 5) is 0. The van der Waals surface area contributed by atoms with Crippen molar-refractivity contribution < 1.29 is 57.7 Å². The summed E-state index contributed by atoms with van der Waals surface area (Å²) in [7, 11) is -3.22. The molecular formula is C68H61Cl3SiTi. The van der Waals surface area contributed by atoms with Gasteiger partial charge in [-0.05, 0) is 0 Å². The van der Waals surface area contributed by atoms with Crippen molar-refractivity contribution in [1.29, 1.82) is 0 Å². The minimum Gasteiger partial charge on any atom is -1.00 e. The minimum atomic E-state index is -3.22. The molecule has 73 heavy (non-hydrogen) atoms. The summed E-state index contributed by atoms with van der Waals surface area (Å²) in [5, 5.41) is 6.02. The van der Waals surface area contributed by atoms with Crippen molar-refractivity contribution in [2.75, 3.05) is 0 Å². The molecule has 0 unspecified atom stereocenters. The van der Waals surface area contributed by atoms with Crippen LogP contribution < -0.4 is 52.8 Å². The number of halogens is 3. The first-order valence-electron chi connectivity index (χ1n) is 25.3. The van der Waals surface area contributed by atoms with Crippen LogP contribution in [0.25, 0.3) is 0 Å². The van der Waals surface area contributed by atoms with Crippen LogP contribution in [0, 0.1) is 0 Å². The second kappa shape index (κ2) is 26.5. The fraction of sp³-hybridized carbons (Fsp3) is 0.147. The summed E-state index contributed by atoms with van der Waals surface area (Å²) in [6, 6.07) is 90.2. The number of hydrogen-bond acceptors (Lipinski definition) is 0. The van der Waals surface area contributed by atoms with Crippen LogP contribution in [-0.2, 0) is 59.0 Å². The van der Waals surface area contributed by atoms with Gasteiger partial charge in [-0.3, -0.25) is 0 Å². The topological polar surface area (TPSA) is 0 Å². The van der Waals surface area contributed by atoms with E-state index in [0.717, 1.165) is 57.8 Å². The van der Waals surface area contributed by atoms with Gasteiger partial charge in [0.15, 0.2) is 0 Å². The zero-order chi connectivity index (χ0) is 47.5. The Hall–Kier alpha value is -5.74. The maximum Gasteiger partial charge on any atom is -1.00 e. The third-order valence-electron chi connectivity index (χ3n) is 14.1. The molecule has 0 aromatic heterocycles. The van der Waals surface area contributed by atoms with Gasteiger partial charge in [0, 0.05) is 0 Å². The molecule has 0 aliphatic heterocycles. The van der Waals surface area contributed by atoms with Gasteiger partial charge in [0.1, 0.15) is 0 Å². The standard InChI is InChI=1S/C68H61Si.3ClH.Ti/c1-2-22-64-35-21-36-68(64)69(65-46-58(37-52-23-9-3-10-24-52)43-59(47-65)38-53-25-11-4-12-26-53,66-48-60(39-54-27-13-5-14-28-54)44-61(49-66)40-55-29-15-6-16-30-55)67-50-62(41-56-31-17-7-18-32-56)45-63(51-67)42-57-33-19-8-20-34-57;;;;/h3-20,23-34,36,43-51H,2,21-22,37-42H2,1H3;3*1H;/q;;;;+3/p-3. The Labute approximate surface area is 466 Å². The quantitative estimate of drug-likeness (QED) is 0.0822. The van der Waals surface area contributed by atoms with E-state index in [1.54, 1.807) is 10.8 Å². The normalized spacial score (nSPS) is 12.1. The van der Waals surface area contributed by atoms with Gasteiger partial charge < -0.3 is 37.2 Å². The molecule has 0 atom stereocenters. The third kappa shape index (κ3) is 13.5. The van der Waals surface area contributed by atoms with Crippen molar-refractivity contribution in [3.63, 3.8) is 0 Å². The van der Waals surface area contributed by atoms with Crippen LogP contribution in [0.1, 0.15) is 92.9 Å². The van der Waals surface area contributed by atoms with Gasteiger partial charge in [0.25, 0.3) is 0 Å². The molecule has 9 aromatic carbocycles. The van der Waals surface area contributed by atoms with E-state index in [-0.39, 0.29) is 37.2 Å². The Balaban J connectivity index is 0.00000260. The largest absolute Gasteiger partial charge is 1.00 e. The average Bonchev–Trinajstić information content (AvgIpc) is 3.75. The van der Waals surface area contributed by atoms with Crippen molar-refractivity contribution >= 4 is 23.6 Å². The Morgan fingerprint density at radius 2 is 0.562 bits per heavy atom. The molecule has 0 fully saturated rings. The van der Waals surface area contributed by atoms with E-state index >= 15 is 0 Å². The summed E-state index contributed by atoms with van der Waals surface area (Å²) < 4.78 is 1.52. The zero-order valence-corrected chi connectivity index (χ0v) is 46.4. The molecule has 5 heteroatoms. The van der Waals surface area contributed by atoms with Crippen LogP contribution in [0.5, 0.6) is 0 Å². The second-order valence-corrected chi connectivity index (χ2v) is 24.1. The van der Waals surface area contributed by atoms with E-state index in [2.05, 4.69) is 270 Å². The van der Waals surface area contributed by atoms with Gasteiger partial charge in [0.05, 0.1) is 0 Å². The number of benzene rings is 9. The monoisotopic (exact) mass is 1060 g/mol. The van der Waals surface area contributed by atoms with Crippen molar-refractivity contribution in [1.82, 2.24) is 0 Å². The van der Waals surface area contributed by atoms with E-state index < -0.39 is 8.07 Å². The van der Waals surface area contributed by atoms with Gasteiger partial charge in [-0.1, -0.05) is 0 Å². The van der Waals surface area contributed by atoms with E-state index in [4.69, 9.17) is 0 Å². The van der Waals surface area contributed by atoms with Gasteiger partial charge in [-0.15, -0.1) is 0 Å². The van der Waals surface area contributed by atoms with Gasteiger partial charge >= 0.3 is 433 Å². The van der Waals surface area contributed by atoms with Gasteiger partial charge in [-0.2, -0.15) is 0 Å². The van der Waals surface area contributed by atoms with E-state index in [1.807, 2.05) is 0 Å². The van der Waals surface area contributed by atoms with Crippen molar-refractivity contribution in [2.45, 2.75) is 64.7 Å². The minimum absolute atomic E-state index is 0. The van der Waals surface area contributed by atoms with Crippen LogP contribution >= 0.6 is 0 Å². The second-order valence-electron chi connectivity index (χ2n) is 19.4. The number of hydrogen-bond donors (Lipinski definition) is 0. The third-order valence-corrected chi connectivity index (χ3v) is 19.6. The van der Waals surface area contributed by atoms with Crippen LogP contribution in [-0.4, -0.2) is 8.07 Å². The van der Waals surface area contributed by atoms with Crippen LogP contribution in [0.2, 0.25) is 0 Å². The molecule has 9 aromatic rings. The van der Waals surface area contributed by atoms with E-state index in [0.29, 0.717) is 0 Å². The SMILES string of the molecule is CCCC1=[C]([Ti+3])CC=C1[Si](c1cc(Cc2ccccc2)cc(Cc2ccccc2)c1)(c1cc(Cc2ccccc2)cc(Cc2ccccc2)c1)c1cc(Cc2ccccc2)cc(Cc2ccccc2)c1.[Cl-].[Cl-].[Cl-]. The first-order valence-corrected chi connectivity index (χ1v) is 28.0. The summed E-state index contributed by atoms with van der Waals surface area (Å²) in [6.07, 6.45) is 11.1. The summed E-state index contributed by atoms with van der Waals surface area (Å²) in [5.41, 5.74) is 17.8. The molecule has 0 bridgehead atoms. The Morgan fingerprint density at radius 1 is 0.329 bits per heavy atom. The maximum atomic E-state index is 2.69. The summed E-state index contributed by atoms with van der Waals surface area (Å²) in [5.74, 6) is 0. The molecule has 0 nitrogen and oxygen atoms in total. The fourth-order valence-corrected chi connectivity index (χ4v) is 17.3. The predicted octanol–water partition coefficient (Wildman–Crippen LogP) is 5.18. The summed E-state index contributed by atoms with van der Waals surface area (Å²) >= 11 is 2.42. The molecule has 0 N–H and O–H groups in total. The molecule has 0 heterocycles. The predicted molar refractivity (Wildman–Crippen MR) is 294 cm³/mol. The van der Waals surface area contributed by atoms with Gasteiger partial charge in [-0.25, -0.2) is 0 Å².